The van der Waals surface area contributed by atoms with Gasteiger partial charge in [-0.3, -0.25) is 0 Å². The van der Waals surface area contributed by atoms with E-state index in [-0.39, 0.29) is 12.5 Å². The van der Waals surface area contributed by atoms with Crippen LogP contribution in [-0.4, -0.2) is 18.3 Å². The Labute approximate surface area is 89.5 Å². The lowest BCUT2D eigenvalue weighted by molar-refractivity contribution is 0.282. The van der Waals surface area contributed by atoms with Crippen molar-refractivity contribution in [3.8, 4) is 5.75 Å². The standard InChI is InChI=1S/C11H14ClO2/c1-3-14-11-5-4-9(6-10(11)12)8(2)7-13/h4-6,8,13H,2-3,7H2,1H3. The third kappa shape index (κ3) is 2.63. The van der Waals surface area contributed by atoms with Crippen molar-refractivity contribution in [3.05, 3.63) is 35.7 Å². The Hall–Kier alpha value is -0.730. The van der Waals surface area contributed by atoms with E-state index >= 15 is 0 Å². The number of hydrogen-bond donors (Lipinski definition) is 1. The molecule has 0 aliphatic heterocycles. The van der Waals surface area contributed by atoms with Crippen LogP contribution in [0.3, 0.4) is 0 Å². The van der Waals surface area contributed by atoms with Gasteiger partial charge in [-0.05, 0) is 31.5 Å². The molecule has 1 rings (SSSR count). The molecular weight excluding hydrogens is 200 g/mol. The lowest BCUT2D eigenvalue weighted by atomic mass is 10.0. The minimum absolute atomic E-state index is 0.0182. The molecule has 0 saturated carbocycles. The van der Waals surface area contributed by atoms with Crippen molar-refractivity contribution in [1.82, 2.24) is 0 Å². The van der Waals surface area contributed by atoms with Gasteiger partial charge >= 0.3 is 0 Å². The summed E-state index contributed by atoms with van der Waals surface area (Å²) in [6, 6.07) is 5.44. The van der Waals surface area contributed by atoms with Crippen LogP contribution in [0.2, 0.25) is 5.02 Å². The van der Waals surface area contributed by atoms with Gasteiger partial charge in [0.1, 0.15) is 5.75 Å². The molecule has 1 N–H and O–H groups in total. The summed E-state index contributed by atoms with van der Waals surface area (Å²) >= 11 is 5.97. The third-order valence-corrected chi connectivity index (χ3v) is 2.24. The summed E-state index contributed by atoms with van der Waals surface area (Å²) in [6.45, 7) is 6.31. The quantitative estimate of drug-likeness (QED) is 0.833. The van der Waals surface area contributed by atoms with E-state index in [4.69, 9.17) is 21.4 Å². The molecule has 0 bridgehead atoms. The minimum Gasteiger partial charge on any atom is -0.492 e. The van der Waals surface area contributed by atoms with Gasteiger partial charge in [0.15, 0.2) is 0 Å². The Balaban J connectivity index is 2.88. The minimum atomic E-state index is -0.136. The Bertz CT molecular complexity index is 299. The van der Waals surface area contributed by atoms with Crippen LogP contribution in [0.25, 0.3) is 0 Å². The highest BCUT2D eigenvalue weighted by Crippen LogP contribution is 2.28. The van der Waals surface area contributed by atoms with Crippen molar-refractivity contribution in [1.29, 1.82) is 0 Å². The van der Waals surface area contributed by atoms with E-state index in [1.807, 2.05) is 13.0 Å². The molecule has 0 fully saturated rings. The zero-order valence-electron chi connectivity index (χ0n) is 8.16. The average Bonchev–Trinajstić information content (AvgIpc) is 2.20. The van der Waals surface area contributed by atoms with E-state index in [1.165, 1.54) is 0 Å². The largest absolute Gasteiger partial charge is 0.492 e. The van der Waals surface area contributed by atoms with Crippen LogP contribution in [0.4, 0.5) is 0 Å². The van der Waals surface area contributed by atoms with E-state index < -0.39 is 0 Å². The molecule has 0 aliphatic carbocycles. The van der Waals surface area contributed by atoms with E-state index in [1.54, 1.807) is 12.1 Å². The maximum Gasteiger partial charge on any atom is 0.137 e. The van der Waals surface area contributed by atoms with E-state index in [9.17, 15) is 0 Å². The third-order valence-electron chi connectivity index (χ3n) is 1.95. The monoisotopic (exact) mass is 213 g/mol. The van der Waals surface area contributed by atoms with Crippen LogP contribution < -0.4 is 4.74 Å². The van der Waals surface area contributed by atoms with Crippen LogP contribution in [0.15, 0.2) is 18.2 Å². The van der Waals surface area contributed by atoms with Gasteiger partial charge in [0.05, 0.1) is 11.6 Å². The van der Waals surface area contributed by atoms with Crippen molar-refractivity contribution in [2.75, 3.05) is 13.2 Å². The molecule has 0 heterocycles. The summed E-state index contributed by atoms with van der Waals surface area (Å²) in [4.78, 5) is 0. The van der Waals surface area contributed by atoms with E-state index in [2.05, 4.69) is 6.92 Å². The number of halogens is 1. The van der Waals surface area contributed by atoms with Gasteiger partial charge in [0, 0.05) is 12.5 Å². The van der Waals surface area contributed by atoms with Gasteiger partial charge in [-0.25, -0.2) is 0 Å². The molecule has 77 valence electrons. The molecule has 1 aromatic rings. The van der Waals surface area contributed by atoms with Crippen molar-refractivity contribution < 1.29 is 9.84 Å². The van der Waals surface area contributed by atoms with Gasteiger partial charge in [0.25, 0.3) is 0 Å². The molecule has 0 spiro atoms. The summed E-state index contributed by atoms with van der Waals surface area (Å²) in [6.07, 6.45) is 0. The fourth-order valence-electron chi connectivity index (χ4n) is 1.15. The van der Waals surface area contributed by atoms with Crippen molar-refractivity contribution in [2.45, 2.75) is 12.8 Å². The van der Waals surface area contributed by atoms with Crippen molar-refractivity contribution in [2.24, 2.45) is 0 Å². The zero-order chi connectivity index (χ0) is 10.6. The highest BCUT2D eigenvalue weighted by atomic mass is 35.5. The molecule has 0 saturated heterocycles. The maximum absolute atomic E-state index is 8.91. The summed E-state index contributed by atoms with van der Waals surface area (Å²) in [5.41, 5.74) is 0.918. The molecule has 2 nitrogen and oxygen atoms in total. The molecule has 1 atom stereocenters. The Morgan fingerprint density at radius 2 is 2.29 bits per heavy atom. The Morgan fingerprint density at radius 1 is 1.57 bits per heavy atom. The number of aliphatic hydroxyl groups is 1. The molecule has 1 unspecified atom stereocenters. The van der Waals surface area contributed by atoms with Gasteiger partial charge in [0.2, 0.25) is 0 Å². The normalized spacial score (nSPS) is 12.6. The first-order valence-electron chi connectivity index (χ1n) is 4.55. The van der Waals surface area contributed by atoms with Crippen molar-refractivity contribution in [3.63, 3.8) is 0 Å². The molecular formula is C11H14ClO2. The second-order valence-electron chi connectivity index (χ2n) is 3.00. The summed E-state index contributed by atoms with van der Waals surface area (Å²) in [5, 5.41) is 9.48. The predicted molar refractivity (Wildman–Crippen MR) is 57.8 cm³/mol. The second kappa shape index (κ2) is 5.23. The maximum atomic E-state index is 8.91. The number of aliphatic hydroxyl groups excluding tert-OH is 1. The van der Waals surface area contributed by atoms with Gasteiger partial charge < -0.3 is 9.84 Å². The second-order valence-corrected chi connectivity index (χ2v) is 3.41. The zero-order valence-corrected chi connectivity index (χ0v) is 8.92. The Morgan fingerprint density at radius 3 is 2.79 bits per heavy atom. The van der Waals surface area contributed by atoms with Gasteiger partial charge in [-0.2, -0.15) is 0 Å². The molecule has 1 aromatic carbocycles. The predicted octanol–water partition coefficient (Wildman–Crippen LogP) is 2.65. The summed E-state index contributed by atoms with van der Waals surface area (Å²) in [5.74, 6) is 0.534. The fourth-order valence-corrected chi connectivity index (χ4v) is 1.39. The van der Waals surface area contributed by atoms with Crippen LogP contribution in [0, 0.1) is 6.92 Å². The van der Waals surface area contributed by atoms with Crippen LogP contribution in [-0.2, 0) is 0 Å². The molecule has 0 aromatic heterocycles. The first-order chi connectivity index (χ1) is 6.69. The first kappa shape index (κ1) is 11.3. The highest BCUT2D eigenvalue weighted by molar-refractivity contribution is 6.32. The summed E-state index contributed by atoms with van der Waals surface area (Å²) < 4.78 is 5.29. The smallest absolute Gasteiger partial charge is 0.137 e. The number of rotatable bonds is 4. The SMILES string of the molecule is [CH2]C(CO)c1ccc(OCC)c(Cl)c1. The van der Waals surface area contributed by atoms with Gasteiger partial charge in [-0.1, -0.05) is 17.7 Å². The first-order valence-corrected chi connectivity index (χ1v) is 4.93. The fraction of sp³-hybridized carbons (Fsp3) is 0.364. The Kier molecular flexibility index (Phi) is 4.23. The van der Waals surface area contributed by atoms with Crippen LogP contribution in [0.1, 0.15) is 18.4 Å². The van der Waals surface area contributed by atoms with Crippen LogP contribution in [0.5, 0.6) is 5.75 Å². The highest BCUT2D eigenvalue weighted by Gasteiger charge is 2.07. The van der Waals surface area contributed by atoms with Crippen molar-refractivity contribution >= 4 is 11.6 Å². The molecule has 1 radical (unpaired) electrons. The summed E-state index contributed by atoms with van der Waals surface area (Å²) in [7, 11) is 0. The average molecular weight is 214 g/mol. The molecule has 0 aliphatic rings. The number of ether oxygens (including phenoxy) is 1. The van der Waals surface area contributed by atoms with Crippen LogP contribution >= 0.6 is 11.6 Å². The molecule has 0 amide bonds. The lowest BCUT2D eigenvalue weighted by Gasteiger charge is -2.11. The lowest BCUT2D eigenvalue weighted by Crippen LogP contribution is -2.00. The number of hydrogen-bond acceptors (Lipinski definition) is 2. The van der Waals surface area contributed by atoms with E-state index in [0.29, 0.717) is 17.4 Å². The molecule has 3 heteroatoms. The molecule has 14 heavy (non-hydrogen) atoms. The van der Waals surface area contributed by atoms with E-state index in [0.717, 1.165) is 5.56 Å². The number of benzene rings is 1. The topological polar surface area (TPSA) is 29.5 Å². The van der Waals surface area contributed by atoms with Gasteiger partial charge in [-0.15, -0.1) is 0 Å².